The molecular formula is C19H23N. The standard InChI is InChI=1S/C19H23N/c1-4-15(2)10-11-16(3)19-13-12-18(14-20-19)17-8-6-5-7-9-17/h1,10-14,17H,5-9H2,2-3H3/b15-10-,16-11+. The summed E-state index contributed by atoms with van der Waals surface area (Å²) in [4.78, 5) is 4.61. The molecule has 0 spiro atoms. The Morgan fingerprint density at radius 2 is 1.95 bits per heavy atom. The Morgan fingerprint density at radius 3 is 2.55 bits per heavy atom. The van der Waals surface area contributed by atoms with Gasteiger partial charge in [0.05, 0.1) is 5.69 Å². The van der Waals surface area contributed by atoms with Crippen molar-refractivity contribution in [3.8, 4) is 12.3 Å². The minimum atomic E-state index is 0.721. The minimum Gasteiger partial charge on any atom is -0.256 e. The highest BCUT2D eigenvalue weighted by Gasteiger charge is 2.15. The van der Waals surface area contributed by atoms with Crippen LogP contribution in [-0.4, -0.2) is 4.98 Å². The predicted molar refractivity (Wildman–Crippen MR) is 86.3 cm³/mol. The first-order chi connectivity index (χ1) is 9.70. The molecule has 1 nitrogen and oxygen atoms in total. The Kier molecular flexibility index (Phi) is 5.18. The lowest BCUT2D eigenvalue weighted by atomic mass is 9.85. The number of terminal acetylenes is 1. The molecular weight excluding hydrogens is 242 g/mol. The van der Waals surface area contributed by atoms with E-state index in [9.17, 15) is 0 Å². The molecule has 1 heteroatoms. The molecule has 0 amide bonds. The van der Waals surface area contributed by atoms with Crippen LogP contribution >= 0.6 is 0 Å². The van der Waals surface area contributed by atoms with E-state index in [1.165, 1.54) is 37.7 Å². The molecule has 1 aromatic rings. The first-order valence-corrected chi connectivity index (χ1v) is 7.49. The minimum absolute atomic E-state index is 0.721. The van der Waals surface area contributed by atoms with Gasteiger partial charge in [0.25, 0.3) is 0 Å². The maximum atomic E-state index is 5.34. The van der Waals surface area contributed by atoms with Crippen molar-refractivity contribution >= 4 is 5.57 Å². The van der Waals surface area contributed by atoms with E-state index in [0.29, 0.717) is 0 Å². The van der Waals surface area contributed by atoms with Gasteiger partial charge in [0, 0.05) is 6.20 Å². The Balaban J connectivity index is 2.09. The van der Waals surface area contributed by atoms with Gasteiger partial charge in [0.2, 0.25) is 0 Å². The molecule has 0 bridgehead atoms. The average molecular weight is 265 g/mol. The van der Waals surface area contributed by atoms with Gasteiger partial charge in [-0.3, -0.25) is 4.98 Å². The van der Waals surface area contributed by atoms with Gasteiger partial charge >= 0.3 is 0 Å². The van der Waals surface area contributed by atoms with Crippen LogP contribution in [0.3, 0.4) is 0 Å². The predicted octanol–water partition coefficient (Wildman–Crippen LogP) is 5.11. The smallest absolute Gasteiger partial charge is 0.0658 e. The zero-order valence-corrected chi connectivity index (χ0v) is 12.5. The zero-order valence-electron chi connectivity index (χ0n) is 12.5. The summed E-state index contributed by atoms with van der Waals surface area (Å²) in [6.07, 6.45) is 18.2. The Morgan fingerprint density at radius 1 is 1.20 bits per heavy atom. The van der Waals surface area contributed by atoms with Crippen LogP contribution in [0.25, 0.3) is 5.57 Å². The first-order valence-electron chi connectivity index (χ1n) is 7.49. The van der Waals surface area contributed by atoms with Crippen LogP contribution in [0.2, 0.25) is 0 Å². The van der Waals surface area contributed by atoms with Crippen LogP contribution in [0.1, 0.15) is 63.1 Å². The molecule has 104 valence electrons. The van der Waals surface area contributed by atoms with Crippen LogP contribution in [0.5, 0.6) is 0 Å². The topological polar surface area (TPSA) is 12.9 Å². The molecule has 1 aliphatic carbocycles. The molecule has 0 radical (unpaired) electrons. The third-order valence-corrected chi connectivity index (χ3v) is 4.08. The van der Waals surface area contributed by atoms with Crippen molar-refractivity contribution in [1.29, 1.82) is 0 Å². The van der Waals surface area contributed by atoms with Crippen LogP contribution in [0.15, 0.2) is 36.1 Å². The second-order valence-corrected chi connectivity index (χ2v) is 5.66. The summed E-state index contributed by atoms with van der Waals surface area (Å²) >= 11 is 0. The van der Waals surface area contributed by atoms with Crippen molar-refractivity contribution in [2.45, 2.75) is 51.9 Å². The van der Waals surface area contributed by atoms with Crippen molar-refractivity contribution < 1.29 is 0 Å². The lowest BCUT2D eigenvalue weighted by molar-refractivity contribution is 0.443. The SMILES string of the molecule is C#C/C(C)=C\C=C(/C)c1ccc(C2CCCCC2)cn1. The van der Waals surface area contributed by atoms with Gasteiger partial charge in [-0.1, -0.05) is 43.4 Å². The third-order valence-electron chi connectivity index (χ3n) is 4.08. The molecule has 1 fully saturated rings. The quantitative estimate of drug-likeness (QED) is 0.546. The van der Waals surface area contributed by atoms with Crippen molar-refractivity contribution in [3.63, 3.8) is 0 Å². The average Bonchev–Trinajstić information content (AvgIpc) is 2.53. The summed E-state index contributed by atoms with van der Waals surface area (Å²) in [5.74, 6) is 3.34. The largest absolute Gasteiger partial charge is 0.256 e. The number of rotatable bonds is 3. The molecule has 20 heavy (non-hydrogen) atoms. The van der Waals surface area contributed by atoms with Crippen molar-refractivity contribution in [2.24, 2.45) is 0 Å². The molecule has 1 saturated carbocycles. The number of hydrogen-bond donors (Lipinski definition) is 0. The van der Waals surface area contributed by atoms with Crippen LogP contribution in [0, 0.1) is 12.3 Å². The summed E-state index contributed by atoms with van der Waals surface area (Å²) in [6.45, 7) is 4.01. The molecule has 1 heterocycles. The van der Waals surface area contributed by atoms with Gasteiger partial charge in [-0.15, -0.1) is 6.42 Å². The second-order valence-electron chi connectivity index (χ2n) is 5.66. The molecule has 0 aliphatic heterocycles. The van der Waals surface area contributed by atoms with E-state index in [1.807, 2.05) is 19.1 Å². The van der Waals surface area contributed by atoms with E-state index in [-0.39, 0.29) is 0 Å². The summed E-state index contributed by atoms with van der Waals surface area (Å²) in [6, 6.07) is 4.38. The second kappa shape index (κ2) is 7.10. The van der Waals surface area contributed by atoms with E-state index in [1.54, 1.807) is 0 Å². The normalized spacial score (nSPS) is 17.9. The van der Waals surface area contributed by atoms with E-state index in [0.717, 1.165) is 22.8 Å². The molecule has 0 saturated heterocycles. The van der Waals surface area contributed by atoms with Crippen LogP contribution in [0.4, 0.5) is 0 Å². The van der Waals surface area contributed by atoms with Crippen molar-refractivity contribution in [1.82, 2.24) is 4.98 Å². The zero-order chi connectivity index (χ0) is 14.4. The fourth-order valence-corrected chi connectivity index (χ4v) is 2.70. The van der Waals surface area contributed by atoms with Crippen LogP contribution in [-0.2, 0) is 0 Å². The fourth-order valence-electron chi connectivity index (χ4n) is 2.70. The fraction of sp³-hybridized carbons (Fsp3) is 0.421. The van der Waals surface area contributed by atoms with E-state index >= 15 is 0 Å². The molecule has 0 aromatic carbocycles. The Bertz CT molecular complexity index is 534. The van der Waals surface area contributed by atoms with Gasteiger partial charge in [-0.05, 0) is 55.4 Å². The number of nitrogens with zero attached hydrogens (tertiary/aromatic N) is 1. The van der Waals surface area contributed by atoms with Gasteiger partial charge in [-0.2, -0.15) is 0 Å². The molecule has 0 atom stereocenters. The van der Waals surface area contributed by atoms with Gasteiger partial charge in [-0.25, -0.2) is 0 Å². The lowest BCUT2D eigenvalue weighted by Crippen LogP contribution is -2.05. The molecule has 0 unspecified atom stereocenters. The number of hydrogen-bond acceptors (Lipinski definition) is 1. The number of aromatic nitrogens is 1. The van der Waals surface area contributed by atoms with Gasteiger partial charge in [0.15, 0.2) is 0 Å². The lowest BCUT2D eigenvalue weighted by Gasteiger charge is -2.21. The summed E-state index contributed by atoms with van der Waals surface area (Å²) < 4.78 is 0. The monoisotopic (exact) mass is 265 g/mol. The van der Waals surface area contributed by atoms with Gasteiger partial charge < -0.3 is 0 Å². The third kappa shape index (κ3) is 3.84. The summed E-state index contributed by atoms with van der Waals surface area (Å²) in [5.41, 5.74) is 4.51. The number of allylic oxidation sites excluding steroid dienone is 4. The Labute approximate surface area is 122 Å². The summed E-state index contributed by atoms with van der Waals surface area (Å²) in [5, 5.41) is 0. The maximum Gasteiger partial charge on any atom is 0.0658 e. The highest BCUT2D eigenvalue weighted by atomic mass is 14.7. The van der Waals surface area contributed by atoms with Crippen LogP contribution < -0.4 is 0 Å². The van der Waals surface area contributed by atoms with Crippen molar-refractivity contribution in [2.75, 3.05) is 0 Å². The molecule has 1 aromatic heterocycles. The van der Waals surface area contributed by atoms with Gasteiger partial charge in [0.1, 0.15) is 0 Å². The van der Waals surface area contributed by atoms with Crippen molar-refractivity contribution in [3.05, 3.63) is 47.3 Å². The maximum absolute atomic E-state index is 5.34. The summed E-state index contributed by atoms with van der Waals surface area (Å²) in [7, 11) is 0. The first kappa shape index (κ1) is 14.6. The van der Waals surface area contributed by atoms with E-state index in [2.05, 4.69) is 36.2 Å². The highest BCUT2D eigenvalue weighted by molar-refractivity contribution is 5.62. The van der Waals surface area contributed by atoms with E-state index in [4.69, 9.17) is 6.42 Å². The highest BCUT2D eigenvalue weighted by Crippen LogP contribution is 2.32. The molecule has 1 aliphatic rings. The van der Waals surface area contributed by atoms with E-state index < -0.39 is 0 Å². The number of pyridine rings is 1. The Hall–Kier alpha value is -1.81. The molecule has 2 rings (SSSR count). The molecule has 0 N–H and O–H groups in total.